The molecule has 2 atom stereocenters. The molecule has 0 amide bonds. The SMILES string of the molecule is CCOc1ccc(C2CCCC2O)cc1. The minimum absolute atomic E-state index is 0.150. The molecule has 0 radical (unpaired) electrons. The summed E-state index contributed by atoms with van der Waals surface area (Å²) in [6.45, 7) is 2.68. The van der Waals surface area contributed by atoms with Gasteiger partial charge in [-0.15, -0.1) is 0 Å². The van der Waals surface area contributed by atoms with Gasteiger partial charge in [0.25, 0.3) is 0 Å². The van der Waals surface area contributed by atoms with E-state index in [1.54, 1.807) is 0 Å². The topological polar surface area (TPSA) is 29.5 Å². The third kappa shape index (κ3) is 2.32. The van der Waals surface area contributed by atoms with E-state index >= 15 is 0 Å². The molecule has 82 valence electrons. The fourth-order valence-corrected chi connectivity index (χ4v) is 2.31. The maximum atomic E-state index is 9.78. The molecule has 1 saturated carbocycles. The standard InChI is InChI=1S/C13H18O2/c1-2-15-11-8-6-10(7-9-11)12-4-3-5-13(12)14/h6-9,12-14H,2-5H2,1H3. The Hall–Kier alpha value is -1.02. The van der Waals surface area contributed by atoms with Crippen LogP contribution in [-0.2, 0) is 0 Å². The van der Waals surface area contributed by atoms with Crippen molar-refractivity contribution in [2.75, 3.05) is 6.61 Å². The molecular formula is C13H18O2. The van der Waals surface area contributed by atoms with Crippen molar-refractivity contribution in [3.63, 3.8) is 0 Å². The summed E-state index contributed by atoms with van der Waals surface area (Å²) < 4.78 is 5.39. The minimum Gasteiger partial charge on any atom is -0.494 e. The van der Waals surface area contributed by atoms with Crippen LogP contribution >= 0.6 is 0 Å². The zero-order valence-electron chi connectivity index (χ0n) is 9.15. The van der Waals surface area contributed by atoms with Crippen LogP contribution in [0.25, 0.3) is 0 Å². The summed E-state index contributed by atoms with van der Waals surface area (Å²) in [5.41, 5.74) is 1.24. The monoisotopic (exact) mass is 206 g/mol. The molecule has 15 heavy (non-hydrogen) atoms. The van der Waals surface area contributed by atoms with E-state index in [9.17, 15) is 5.11 Å². The smallest absolute Gasteiger partial charge is 0.119 e. The van der Waals surface area contributed by atoms with Crippen LogP contribution in [0.4, 0.5) is 0 Å². The zero-order chi connectivity index (χ0) is 10.7. The number of aliphatic hydroxyl groups excluding tert-OH is 1. The van der Waals surface area contributed by atoms with E-state index in [1.807, 2.05) is 19.1 Å². The first-order chi connectivity index (χ1) is 7.31. The van der Waals surface area contributed by atoms with Crippen molar-refractivity contribution in [3.05, 3.63) is 29.8 Å². The molecule has 2 rings (SSSR count). The Morgan fingerprint density at radius 3 is 2.53 bits per heavy atom. The maximum Gasteiger partial charge on any atom is 0.119 e. The molecule has 0 aromatic heterocycles. The summed E-state index contributed by atoms with van der Waals surface area (Å²) in [6.07, 6.45) is 3.04. The maximum absolute atomic E-state index is 9.78. The summed E-state index contributed by atoms with van der Waals surface area (Å²) in [6, 6.07) is 8.13. The average Bonchev–Trinajstić information content (AvgIpc) is 2.66. The summed E-state index contributed by atoms with van der Waals surface area (Å²) in [7, 11) is 0. The number of ether oxygens (including phenoxy) is 1. The van der Waals surface area contributed by atoms with Gasteiger partial charge in [0.1, 0.15) is 5.75 Å². The molecular weight excluding hydrogens is 188 g/mol. The van der Waals surface area contributed by atoms with E-state index in [2.05, 4.69) is 12.1 Å². The lowest BCUT2D eigenvalue weighted by Crippen LogP contribution is -2.10. The van der Waals surface area contributed by atoms with Crippen molar-refractivity contribution in [1.29, 1.82) is 0 Å². The predicted molar refractivity (Wildman–Crippen MR) is 60.2 cm³/mol. The molecule has 2 nitrogen and oxygen atoms in total. The largest absolute Gasteiger partial charge is 0.494 e. The van der Waals surface area contributed by atoms with Gasteiger partial charge in [0.2, 0.25) is 0 Å². The van der Waals surface area contributed by atoms with Crippen LogP contribution in [-0.4, -0.2) is 17.8 Å². The lowest BCUT2D eigenvalue weighted by molar-refractivity contribution is 0.164. The number of hydrogen-bond acceptors (Lipinski definition) is 2. The summed E-state index contributed by atoms with van der Waals surface area (Å²) in [4.78, 5) is 0. The molecule has 2 unspecified atom stereocenters. The Balaban J connectivity index is 2.09. The lowest BCUT2D eigenvalue weighted by Gasteiger charge is -2.15. The van der Waals surface area contributed by atoms with Crippen LogP contribution in [0, 0.1) is 0 Å². The molecule has 0 spiro atoms. The van der Waals surface area contributed by atoms with Crippen molar-refractivity contribution >= 4 is 0 Å². The highest BCUT2D eigenvalue weighted by Crippen LogP contribution is 2.34. The number of rotatable bonds is 3. The van der Waals surface area contributed by atoms with Crippen LogP contribution in [0.3, 0.4) is 0 Å². The molecule has 1 fully saturated rings. The Morgan fingerprint density at radius 2 is 2.00 bits per heavy atom. The van der Waals surface area contributed by atoms with Gasteiger partial charge in [-0.05, 0) is 37.5 Å². The molecule has 0 aliphatic heterocycles. The van der Waals surface area contributed by atoms with Crippen LogP contribution < -0.4 is 4.74 Å². The molecule has 0 saturated heterocycles. The van der Waals surface area contributed by atoms with Gasteiger partial charge in [-0.25, -0.2) is 0 Å². The highest BCUT2D eigenvalue weighted by Gasteiger charge is 2.26. The first-order valence-electron chi connectivity index (χ1n) is 5.72. The van der Waals surface area contributed by atoms with Gasteiger partial charge in [0, 0.05) is 5.92 Å². The Labute approximate surface area is 90.9 Å². The summed E-state index contributed by atoms with van der Waals surface area (Å²) >= 11 is 0. The number of aliphatic hydroxyl groups is 1. The average molecular weight is 206 g/mol. The third-order valence-electron chi connectivity index (χ3n) is 3.10. The lowest BCUT2D eigenvalue weighted by atomic mass is 9.96. The van der Waals surface area contributed by atoms with Crippen molar-refractivity contribution in [2.45, 2.75) is 38.2 Å². The first kappa shape index (κ1) is 10.5. The molecule has 1 aliphatic rings. The van der Waals surface area contributed by atoms with Crippen LogP contribution in [0.15, 0.2) is 24.3 Å². The normalized spacial score (nSPS) is 25.5. The van der Waals surface area contributed by atoms with Gasteiger partial charge >= 0.3 is 0 Å². The molecule has 0 heterocycles. The van der Waals surface area contributed by atoms with E-state index in [-0.39, 0.29) is 6.10 Å². The van der Waals surface area contributed by atoms with Gasteiger partial charge in [-0.1, -0.05) is 18.6 Å². The van der Waals surface area contributed by atoms with E-state index in [1.165, 1.54) is 5.56 Å². The van der Waals surface area contributed by atoms with Crippen molar-refractivity contribution < 1.29 is 9.84 Å². The second kappa shape index (κ2) is 4.67. The molecule has 0 bridgehead atoms. The molecule has 1 aliphatic carbocycles. The quantitative estimate of drug-likeness (QED) is 0.824. The molecule has 1 N–H and O–H groups in total. The van der Waals surface area contributed by atoms with E-state index in [0.717, 1.165) is 25.0 Å². The first-order valence-corrected chi connectivity index (χ1v) is 5.72. The van der Waals surface area contributed by atoms with Crippen LogP contribution in [0.1, 0.15) is 37.7 Å². The highest BCUT2D eigenvalue weighted by atomic mass is 16.5. The minimum atomic E-state index is -0.150. The van der Waals surface area contributed by atoms with Crippen LogP contribution in [0.2, 0.25) is 0 Å². The number of benzene rings is 1. The van der Waals surface area contributed by atoms with Gasteiger partial charge in [-0.2, -0.15) is 0 Å². The van der Waals surface area contributed by atoms with Crippen molar-refractivity contribution in [2.24, 2.45) is 0 Å². The third-order valence-corrected chi connectivity index (χ3v) is 3.10. The summed E-state index contributed by atoms with van der Waals surface area (Å²) in [5, 5.41) is 9.78. The van der Waals surface area contributed by atoms with Crippen LogP contribution in [0.5, 0.6) is 5.75 Å². The number of hydrogen-bond donors (Lipinski definition) is 1. The summed E-state index contributed by atoms with van der Waals surface area (Å²) in [5.74, 6) is 1.24. The van der Waals surface area contributed by atoms with Gasteiger partial charge in [0.15, 0.2) is 0 Å². The predicted octanol–water partition coefficient (Wildman–Crippen LogP) is 2.71. The second-order valence-corrected chi connectivity index (χ2v) is 4.11. The Morgan fingerprint density at radius 1 is 1.27 bits per heavy atom. The van der Waals surface area contributed by atoms with E-state index < -0.39 is 0 Å². The fraction of sp³-hybridized carbons (Fsp3) is 0.538. The van der Waals surface area contributed by atoms with Gasteiger partial charge < -0.3 is 9.84 Å². The Kier molecular flexibility index (Phi) is 3.27. The van der Waals surface area contributed by atoms with Gasteiger partial charge in [-0.3, -0.25) is 0 Å². The highest BCUT2D eigenvalue weighted by molar-refractivity contribution is 5.30. The van der Waals surface area contributed by atoms with Gasteiger partial charge in [0.05, 0.1) is 12.7 Å². The molecule has 2 heteroatoms. The molecule has 1 aromatic carbocycles. The van der Waals surface area contributed by atoms with E-state index in [0.29, 0.717) is 12.5 Å². The molecule has 1 aromatic rings. The van der Waals surface area contributed by atoms with E-state index in [4.69, 9.17) is 4.74 Å². The fourth-order valence-electron chi connectivity index (χ4n) is 2.31. The Bertz CT molecular complexity index is 305. The zero-order valence-corrected chi connectivity index (χ0v) is 9.15. The van der Waals surface area contributed by atoms with Crippen molar-refractivity contribution in [3.8, 4) is 5.75 Å². The second-order valence-electron chi connectivity index (χ2n) is 4.11. The van der Waals surface area contributed by atoms with Crippen molar-refractivity contribution in [1.82, 2.24) is 0 Å².